The third-order valence-electron chi connectivity index (χ3n) is 4.55. The number of hydrogen-bond donors (Lipinski definition) is 1. The Labute approximate surface area is 121 Å². The number of amides is 1. The van der Waals surface area contributed by atoms with E-state index in [4.69, 9.17) is 0 Å². The van der Waals surface area contributed by atoms with Gasteiger partial charge in [0.2, 0.25) is 0 Å². The van der Waals surface area contributed by atoms with Gasteiger partial charge in [-0.05, 0) is 72.4 Å². The fourth-order valence-electron chi connectivity index (χ4n) is 3.04. The molecule has 0 saturated heterocycles. The molecule has 0 aliphatic heterocycles. The van der Waals surface area contributed by atoms with Crippen LogP contribution in [0.25, 0.3) is 0 Å². The van der Waals surface area contributed by atoms with Crippen LogP contribution in [0.15, 0.2) is 16.7 Å². The Bertz CT molecular complexity index is 500. The fraction of sp³-hybridized carbons (Fsp3) is 0.667. The lowest BCUT2D eigenvalue weighted by atomic mass is 10.1. The molecule has 0 radical (unpaired) electrons. The van der Waals surface area contributed by atoms with E-state index in [0.717, 1.165) is 22.0 Å². The van der Waals surface area contributed by atoms with Crippen molar-refractivity contribution in [2.75, 3.05) is 0 Å². The highest BCUT2D eigenvalue weighted by molar-refractivity contribution is 9.10. The molecule has 19 heavy (non-hydrogen) atoms. The fourth-order valence-corrected chi connectivity index (χ4v) is 3.48. The third kappa shape index (κ3) is 2.47. The molecule has 1 aromatic rings. The van der Waals surface area contributed by atoms with E-state index in [1.54, 1.807) is 0 Å². The van der Waals surface area contributed by atoms with E-state index in [2.05, 4.69) is 32.0 Å². The largest absolute Gasteiger partial charge is 0.347 e. The van der Waals surface area contributed by atoms with Crippen LogP contribution in [0.1, 0.15) is 55.1 Å². The van der Waals surface area contributed by atoms with Gasteiger partial charge in [0.1, 0.15) is 5.69 Å². The SMILES string of the molecule is O=C(NC(C1CC1)C1CC1)c1cc(Br)cn1C1CC1. The van der Waals surface area contributed by atoms with Crippen molar-refractivity contribution in [2.45, 2.75) is 50.6 Å². The van der Waals surface area contributed by atoms with E-state index in [1.807, 2.05) is 6.07 Å². The maximum atomic E-state index is 12.5. The Balaban J connectivity index is 1.52. The molecular formula is C15H19BrN2O. The molecule has 1 aromatic heterocycles. The second-order valence-electron chi connectivity index (χ2n) is 6.36. The van der Waals surface area contributed by atoms with Crippen LogP contribution in [0.3, 0.4) is 0 Å². The van der Waals surface area contributed by atoms with Gasteiger partial charge in [0.25, 0.3) is 5.91 Å². The third-order valence-corrected chi connectivity index (χ3v) is 4.98. The van der Waals surface area contributed by atoms with Gasteiger partial charge in [0, 0.05) is 22.8 Å². The van der Waals surface area contributed by atoms with Crippen molar-refractivity contribution in [2.24, 2.45) is 11.8 Å². The molecule has 3 aliphatic carbocycles. The van der Waals surface area contributed by atoms with Crippen molar-refractivity contribution < 1.29 is 4.79 Å². The molecule has 3 aliphatic rings. The Morgan fingerprint density at radius 3 is 2.37 bits per heavy atom. The zero-order valence-electron chi connectivity index (χ0n) is 10.9. The van der Waals surface area contributed by atoms with E-state index in [0.29, 0.717) is 12.1 Å². The van der Waals surface area contributed by atoms with Crippen LogP contribution in [-0.4, -0.2) is 16.5 Å². The number of carbonyl (C=O) groups excluding carboxylic acids is 1. The smallest absolute Gasteiger partial charge is 0.268 e. The molecule has 4 heteroatoms. The summed E-state index contributed by atoms with van der Waals surface area (Å²) >= 11 is 3.50. The number of aromatic nitrogens is 1. The van der Waals surface area contributed by atoms with Crippen LogP contribution >= 0.6 is 15.9 Å². The van der Waals surface area contributed by atoms with E-state index in [1.165, 1.54) is 38.5 Å². The first-order valence-corrected chi connectivity index (χ1v) is 8.20. The van der Waals surface area contributed by atoms with Gasteiger partial charge in [-0.15, -0.1) is 0 Å². The molecule has 4 rings (SSSR count). The lowest BCUT2D eigenvalue weighted by molar-refractivity contribution is 0.0916. The molecule has 1 amide bonds. The maximum absolute atomic E-state index is 12.5. The summed E-state index contributed by atoms with van der Waals surface area (Å²) in [6, 6.07) is 2.95. The first-order valence-electron chi connectivity index (χ1n) is 7.40. The molecule has 0 unspecified atom stereocenters. The van der Waals surface area contributed by atoms with Gasteiger partial charge in [-0.3, -0.25) is 4.79 Å². The second kappa shape index (κ2) is 4.37. The molecule has 3 nitrogen and oxygen atoms in total. The molecule has 3 saturated carbocycles. The van der Waals surface area contributed by atoms with Gasteiger partial charge in [0.05, 0.1) is 0 Å². The van der Waals surface area contributed by atoms with Crippen LogP contribution in [-0.2, 0) is 0 Å². The summed E-state index contributed by atoms with van der Waals surface area (Å²) in [6.07, 6.45) is 9.66. The lowest BCUT2D eigenvalue weighted by Gasteiger charge is -2.18. The lowest BCUT2D eigenvalue weighted by Crippen LogP contribution is -2.38. The van der Waals surface area contributed by atoms with Gasteiger partial charge in [-0.1, -0.05) is 0 Å². The first kappa shape index (κ1) is 12.0. The Morgan fingerprint density at radius 1 is 1.21 bits per heavy atom. The number of halogens is 1. The normalized spacial score (nSPS) is 22.8. The highest BCUT2D eigenvalue weighted by Crippen LogP contribution is 2.45. The van der Waals surface area contributed by atoms with E-state index in [9.17, 15) is 4.79 Å². The van der Waals surface area contributed by atoms with Crippen molar-refractivity contribution in [1.82, 2.24) is 9.88 Å². The molecule has 0 bridgehead atoms. The maximum Gasteiger partial charge on any atom is 0.268 e. The van der Waals surface area contributed by atoms with Crippen molar-refractivity contribution in [1.29, 1.82) is 0 Å². The predicted octanol–water partition coefficient (Wildman–Crippen LogP) is 3.50. The van der Waals surface area contributed by atoms with Crippen LogP contribution in [0.5, 0.6) is 0 Å². The zero-order chi connectivity index (χ0) is 13.0. The minimum atomic E-state index is 0.126. The van der Waals surface area contributed by atoms with Gasteiger partial charge in [-0.25, -0.2) is 0 Å². The summed E-state index contributed by atoms with van der Waals surface area (Å²) in [5.41, 5.74) is 0.834. The summed E-state index contributed by atoms with van der Waals surface area (Å²) in [5, 5.41) is 3.31. The minimum Gasteiger partial charge on any atom is -0.347 e. The number of carbonyl (C=O) groups is 1. The van der Waals surface area contributed by atoms with Crippen molar-refractivity contribution in [3.63, 3.8) is 0 Å². The van der Waals surface area contributed by atoms with E-state index >= 15 is 0 Å². The molecule has 102 valence electrons. The summed E-state index contributed by atoms with van der Waals surface area (Å²) < 4.78 is 3.16. The van der Waals surface area contributed by atoms with Crippen molar-refractivity contribution in [3.8, 4) is 0 Å². The van der Waals surface area contributed by atoms with Crippen LogP contribution in [0.4, 0.5) is 0 Å². The molecule has 3 fully saturated rings. The zero-order valence-corrected chi connectivity index (χ0v) is 12.5. The molecule has 0 atom stereocenters. The summed E-state index contributed by atoms with van der Waals surface area (Å²) in [7, 11) is 0. The first-order chi connectivity index (χ1) is 9.22. The van der Waals surface area contributed by atoms with Crippen molar-refractivity contribution >= 4 is 21.8 Å². The quantitative estimate of drug-likeness (QED) is 0.884. The van der Waals surface area contributed by atoms with Gasteiger partial charge in [0.15, 0.2) is 0 Å². The Hall–Kier alpha value is -0.770. The average molecular weight is 323 g/mol. The standard InChI is InChI=1S/C15H19BrN2O/c16-11-7-13(18(8-11)12-5-6-12)15(19)17-14(9-1-2-9)10-3-4-10/h7-10,12,14H,1-6H2,(H,17,19). The number of nitrogens with zero attached hydrogens (tertiary/aromatic N) is 1. The number of nitrogens with one attached hydrogen (secondary N) is 1. The monoisotopic (exact) mass is 322 g/mol. The van der Waals surface area contributed by atoms with Gasteiger partial charge >= 0.3 is 0 Å². The molecule has 0 spiro atoms. The molecule has 1 N–H and O–H groups in total. The van der Waals surface area contributed by atoms with Gasteiger partial charge in [-0.2, -0.15) is 0 Å². The van der Waals surface area contributed by atoms with E-state index < -0.39 is 0 Å². The van der Waals surface area contributed by atoms with E-state index in [-0.39, 0.29) is 5.91 Å². The van der Waals surface area contributed by atoms with Crippen LogP contribution in [0.2, 0.25) is 0 Å². The molecule has 1 heterocycles. The van der Waals surface area contributed by atoms with Crippen molar-refractivity contribution in [3.05, 3.63) is 22.4 Å². The Kier molecular flexibility index (Phi) is 2.76. The number of rotatable bonds is 5. The highest BCUT2D eigenvalue weighted by Gasteiger charge is 2.42. The second-order valence-corrected chi connectivity index (χ2v) is 7.27. The predicted molar refractivity (Wildman–Crippen MR) is 77.1 cm³/mol. The van der Waals surface area contributed by atoms with Gasteiger partial charge < -0.3 is 9.88 Å². The van der Waals surface area contributed by atoms with Crippen LogP contribution < -0.4 is 5.32 Å². The Morgan fingerprint density at radius 2 is 1.84 bits per heavy atom. The summed E-state index contributed by atoms with van der Waals surface area (Å²) in [4.78, 5) is 12.5. The highest BCUT2D eigenvalue weighted by atomic mass is 79.9. The number of hydrogen-bond acceptors (Lipinski definition) is 1. The van der Waals surface area contributed by atoms with Crippen LogP contribution in [0, 0.1) is 11.8 Å². The topological polar surface area (TPSA) is 34.0 Å². The average Bonchev–Trinajstić information content (AvgIpc) is 3.27. The summed E-state index contributed by atoms with van der Waals surface area (Å²) in [6.45, 7) is 0. The summed E-state index contributed by atoms with van der Waals surface area (Å²) in [5.74, 6) is 1.63. The molecular weight excluding hydrogens is 304 g/mol. The minimum absolute atomic E-state index is 0.126. The molecule has 0 aromatic carbocycles.